The third kappa shape index (κ3) is 3.37. The lowest BCUT2D eigenvalue weighted by Gasteiger charge is -2.33. The van der Waals surface area contributed by atoms with Crippen LogP contribution in [0.2, 0.25) is 0 Å². The number of hydrogen-bond donors (Lipinski definition) is 2. The maximum atomic E-state index is 10.9. The zero-order chi connectivity index (χ0) is 14.7. The van der Waals surface area contributed by atoms with Gasteiger partial charge in [-0.25, -0.2) is 4.98 Å². The van der Waals surface area contributed by atoms with Crippen LogP contribution in [0.4, 0.5) is 17.3 Å². The van der Waals surface area contributed by atoms with Gasteiger partial charge in [-0.2, -0.15) is 0 Å². The largest absolute Gasteiger partial charge is 0.373 e. The van der Waals surface area contributed by atoms with Gasteiger partial charge >= 0.3 is 0 Å². The molecule has 2 N–H and O–H groups in total. The summed E-state index contributed by atoms with van der Waals surface area (Å²) in [5.74, 6) is 2.40. The predicted octanol–water partition coefficient (Wildman–Crippen LogP) is 3.27. The third-order valence-corrected chi connectivity index (χ3v) is 4.04. The van der Waals surface area contributed by atoms with Crippen molar-refractivity contribution < 1.29 is 4.92 Å². The fraction of sp³-hybridized carbons (Fsp3) is 0.643. The van der Waals surface area contributed by atoms with E-state index in [0.29, 0.717) is 23.6 Å². The van der Waals surface area contributed by atoms with Gasteiger partial charge in [0.15, 0.2) is 0 Å². The minimum Gasteiger partial charge on any atom is -0.373 e. The lowest BCUT2D eigenvalue weighted by atomic mass is 9.80. The van der Waals surface area contributed by atoms with Gasteiger partial charge in [0.25, 0.3) is 5.69 Å². The molecule has 0 spiro atoms. The van der Waals surface area contributed by atoms with Crippen molar-refractivity contribution in [2.45, 2.75) is 39.2 Å². The highest BCUT2D eigenvalue weighted by atomic mass is 16.6. The molecule has 1 fully saturated rings. The highest BCUT2D eigenvalue weighted by molar-refractivity contribution is 5.54. The molecule has 0 radical (unpaired) electrons. The van der Waals surface area contributed by atoms with Gasteiger partial charge in [0, 0.05) is 13.1 Å². The average molecular weight is 278 g/mol. The zero-order valence-electron chi connectivity index (χ0n) is 12.2. The van der Waals surface area contributed by atoms with Crippen LogP contribution in [0, 0.1) is 22.0 Å². The van der Waals surface area contributed by atoms with Gasteiger partial charge < -0.3 is 10.6 Å². The van der Waals surface area contributed by atoms with Crippen LogP contribution in [0.1, 0.15) is 33.1 Å². The minimum absolute atomic E-state index is 0.0590. The molecule has 0 saturated heterocycles. The summed E-state index contributed by atoms with van der Waals surface area (Å²) in [6.07, 6.45) is 3.46. The molecule has 6 nitrogen and oxygen atoms in total. The molecule has 3 atom stereocenters. The summed E-state index contributed by atoms with van der Waals surface area (Å²) in [7, 11) is 1.71. The van der Waals surface area contributed by atoms with Gasteiger partial charge in [-0.05, 0) is 31.1 Å². The van der Waals surface area contributed by atoms with Crippen LogP contribution in [0.3, 0.4) is 0 Å². The number of aromatic nitrogens is 1. The van der Waals surface area contributed by atoms with Crippen molar-refractivity contribution in [1.82, 2.24) is 4.98 Å². The van der Waals surface area contributed by atoms with E-state index in [4.69, 9.17) is 0 Å². The third-order valence-electron chi connectivity index (χ3n) is 4.04. The Labute approximate surface area is 119 Å². The number of rotatable bonds is 4. The van der Waals surface area contributed by atoms with Crippen LogP contribution in [0.25, 0.3) is 0 Å². The van der Waals surface area contributed by atoms with E-state index in [1.165, 1.54) is 25.0 Å². The highest BCUT2D eigenvalue weighted by Gasteiger charge is 2.26. The summed E-state index contributed by atoms with van der Waals surface area (Å²) in [6.45, 7) is 4.50. The van der Waals surface area contributed by atoms with Crippen LogP contribution in [0.5, 0.6) is 0 Å². The fourth-order valence-electron chi connectivity index (χ4n) is 2.89. The second-order valence-electron chi connectivity index (χ2n) is 5.75. The molecule has 1 aliphatic rings. The summed E-state index contributed by atoms with van der Waals surface area (Å²) >= 11 is 0. The lowest BCUT2D eigenvalue weighted by Crippen LogP contribution is -2.33. The Balaban J connectivity index is 2.16. The molecule has 1 saturated carbocycles. The Kier molecular flexibility index (Phi) is 4.42. The molecule has 1 heterocycles. The lowest BCUT2D eigenvalue weighted by molar-refractivity contribution is -0.384. The molecule has 3 unspecified atom stereocenters. The summed E-state index contributed by atoms with van der Waals surface area (Å²) < 4.78 is 0. The van der Waals surface area contributed by atoms with Crippen LogP contribution >= 0.6 is 0 Å². The van der Waals surface area contributed by atoms with Crippen LogP contribution in [-0.2, 0) is 0 Å². The van der Waals surface area contributed by atoms with E-state index in [1.54, 1.807) is 7.05 Å². The molecular weight excluding hydrogens is 256 g/mol. The second kappa shape index (κ2) is 6.07. The Morgan fingerprint density at radius 3 is 2.60 bits per heavy atom. The first kappa shape index (κ1) is 14.6. The number of nitrogens with one attached hydrogen (secondary N) is 2. The summed E-state index contributed by atoms with van der Waals surface area (Å²) in [5.41, 5.74) is 0.0590. The zero-order valence-corrected chi connectivity index (χ0v) is 12.2. The average Bonchev–Trinajstić information content (AvgIpc) is 2.41. The maximum Gasteiger partial charge on any atom is 0.276 e. The molecular formula is C14H22N4O2. The van der Waals surface area contributed by atoms with Crippen molar-refractivity contribution in [3.05, 3.63) is 22.2 Å². The molecule has 1 aliphatic carbocycles. The number of nitro groups is 1. The van der Waals surface area contributed by atoms with E-state index < -0.39 is 0 Å². The van der Waals surface area contributed by atoms with Crippen molar-refractivity contribution in [1.29, 1.82) is 0 Å². The molecule has 1 aromatic heterocycles. The molecule has 110 valence electrons. The first-order valence-electron chi connectivity index (χ1n) is 7.10. The van der Waals surface area contributed by atoms with E-state index in [9.17, 15) is 10.1 Å². The number of pyridine rings is 1. The van der Waals surface area contributed by atoms with Gasteiger partial charge in [0.2, 0.25) is 0 Å². The molecule has 1 aromatic rings. The predicted molar refractivity (Wildman–Crippen MR) is 80.0 cm³/mol. The van der Waals surface area contributed by atoms with Gasteiger partial charge in [-0.15, -0.1) is 0 Å². The van der Waals surface area contributed by atoms with Crippen molar-refractivity contribution >= 4 is 17.3 Å². The Hall–Kier alpha value is -1.85. The smallest absolute Gasteiger partial charge is 0.276 e. The molecule has 0 bridgehead atoms. The quantitative estimate of drug-likeness (QED) is 0.652. The first-order valence-corrected chi connectivity index (χ1v) is 7.10. The number of nitrogens with zero attached hydrogens (tertiary/aromatic N) is 2. The molecule has 20 heavy (non-hydrogen) atoms. The molecule has 2 rings (SSSR count). The summed E-state index contributed by atoms with van der Waals surface area (Å²) in [4.78, 5) is 14.9. The van der Waals surface area contributed by atoms with E-state index >= 15 is 0 Å². The van der Waals surface area contributed by atoms with Crippen molar-refractivity contribution in [2.24, 2.45) is 11.8 Å². The highest BCUT2D eigenvalue weighted by Crippen LogP contribution is 2.31. The molecule has 0 aromatic carbocycles. The molecule has 6 heteroatoms. The van der Waals surface area contributed by atoms with E-state index in [-0.39, 0.29) is 10.6 Å². The fourth-order valence-corrected chi connectivity index (χ4v) is 2.89. The topological polar surface area (TPSA) is 80.1 Å². The first-order chi connectivity index (χ1) is 9.49. The molecule has 0 aliphatic heterocycles. The van der Waals surface area contributed by atoms with Gasteiger partial charge in [0.05, 0.1) is 17.1 Å². The van der Waals surface area contributed by atoms with Gasteiger partial charge in [-0.3, -0.25) is 10.1 Å². The van der Waals surface area contributed by atoms with E-state index in [0.717, 1.165) is 12.3 Å². The Bertz CT molecular complexity index is 492. The van der Waals surface area contributed by atoms with E-state index in [1.807, 2.05) is 0 Å². The monoisotopic (exact) mass is 278 g/mol. The normalized spacial score (nSPS) is 26.1. The Morgan fingerprint density at radius 1 is 1.30 bits per heavy atom. The minimum atomic E-state index is -0.389. The van der Waals surface area contributed by atoms with Gasteiger partial charge in [-0.1, -0.05) is 13.8 Å². The SMILES string of the molecule is CNc1cc([N+](=O)[O-])cc(NC2CCC(C)CC2C)n1. The maximum absolute atomic E-state index is 10.9. The summed E-state index contributed by atoms with van der Waals surface area (Å²) in [5, 5.41) is 17.2. The number of hydrogen-bond acceptors (Lipinski definition) is 5. The summed E-state index contributed by atoms with van der Waals surface area (Å²) in [6, 6.07) is 3.29. The van der Waals surface area contributed by atoms with Crippen LogP contribution < -0.4 is 10.6 Å². The molecule has 0 amide bonds. The van der Waals surface area contributed by atoms with Crippen LogP contribution in [0.15, 0.2) is 12.1 Å². The standard InChI is InChI=1S/C14H22N4O2/c1-9-4-5-12(10(2)6-9)16-14-8-11(18(19)20)7-13(15-3)17-14/h7-10,12H,4-6H2,1-3H3,(H2,15,16,17). The van der Waals surface area contributed by atoms with Gasteiger partial charge in [0.1, 0.15) is 11.6 Å². The van der Waals surface area contributed by atoms with Crippen LogP contribution in [-0.4, -0.2) is 23.0 Å². The van der Waals surface area contributed by atoms with Crippen molar-refractivity contribution in [3.63, 3.8) is 0 Å². The van der Waals surface area contributed by atoms with E-state index in [2.05, 4.69) is 29.5 Å². The van der Waals surface area contributed by atoms with Crippen molar-refractivity contribution in [3.8, 4) is 0 Å². The number of anilines is 2. The van der Waals surface area contributed by atoms with Crippen molar-refractivity contribution in [2.75, 3.05) is 17.7 Å². The second-order valence-corrected chi connectivity index (χ2v) is 5.75. The Morgan fingerprint density at radius 2 is 2.00 bits per heavy atom.